The highest BCUT2D eigenvalue weighted by Gasteiger charge is 2.38. The quantitative estimate of drug-likeness (QED) is 0.823. The summed E-state index contributed by atoms with van der Waals surface area (Å²) >= 11 is 0. The van der Waals surface area contributed by atoms with Crippen molar-refractivity contribution < 1.29 is 13.2 Å². The SMILES string of the molecule is O=C1NCCN1c1cnn(C2CN(C3=NS(=O)(=O)c4ccccc43)C2)c1. The molecule has 2 amide bonds. The van der Waals surface area contributed by atoms with Gasteiger partial charge in [0.05, 0.1) is 17.9 Å². The summed E-state index contributed by atoms with van der Waals surface area (Å²) in [6, 6.07) is 6.89. The number of carbonyl (C=O) groups excluding carboxylic acids is 1. The van der Waals surface area contributed by atoms with Crippen LogP contribution in [0, 0.1) is 0 Å². The van der Waals surface area contributed by atoms with Crippen LogP contribution in [0.25, 0.3) is 0 Å². The number of nitrogens with one attached hydrogen (secondary N) is 1. The molecule has 134 valence electrons. The average Bonchev–Trinajstić information content (AvgIpc) is 3.26. The largest absolute Gasteiger partial charge is 0.351 e. The molecule has 1 aromatic carbocycles. The highest BCUT2D eigenvalue weighted by atomic mass is 32.2. The molecule has 0 saturated carbocycles. The first kappa shape index (κ1) is 15.4. The molecule has 4 heterocycles. The molecule has 5 rings (SSSR count). The van der Waals surface area contributed by atoms with Gasteiger partial charge in [0.25, 0.3) is 10.0 Å². The van der Waals surface area contributed by atoms with Crippen molar-refractivity contribution in [2.75, 3.05) is 31.1 Å². The van der Waals surface area contributed by atoms with Crippen molar-refractivity contribution in [2.24, 2.45) is 4.40 Å². The van der Waals surface area contributed by atoms with Crippen LogP contribution in [0.2, 0.25) is 0 Å². The molecular formula is C16H16N6O3S. The molecule has 0 aliphatic carbocycles. The van der Waals surface area contributed by atoms with E-state index in [1.165, 1.54) is 0 Å². The van der Waals surface area contributed by atoms with Crippen molar-refractivity contribution in [1.29, 1.82) is 0 Å². The molecule has 0 spiro atoms. The first-order valence-electron chi connectivity index (χ1n) is 8.32. The van der Waals surface area contributed by atoms with E-state index in [2.05, 4.69) is 14.8 Å². The van der Waals surface area contributed by atoms with Gasteiger partial charge in [-0.05, 0) is 12.1 Å². The van der Waals surface area contributed by atoms with E-state index in [9.17, 15) is 13.2 Å². The van der Waals surface area contributed by atoms with E-state index in [0.29, 0.717) is 37.6 Å². The molecule has 1 N–H and O–H groups in total. The topological polar surface area (TPSA) is 99.9 Å². The predicted molar refractivity (Wildman–Crippen MR) is 93.7 cm³/mol. The second-order valence-electron chi connectivity index (χ2n) is 6.51. The second-order valence-corrected chi connectivity index (χ2v) is 8.08. The van der Waals surface area contributed by atoms with E-state index < -0.39 is 10.0 Å². The van der Waals surface area contributed by atoms with E-state index in [4.69, 9.17) is 0 Å². The summed E-state index contributed by atoms with van der Waals surface area (Å²) in [5.74, 6) is 0.503. The zero-order chi connectivity index (χ0) is 17.9. The van der Waals surface area contributed by atoms with E-state index in [1.807, 2.05) is 21.8 Å². The van der Waals surface area contributed by atoms with Gasteiger partial charge in [0, 0.05) is 37.9 Å². The van der Waals surface area contributed by atoms with E-state index in [1.54, 1.807) is 29.3 Å². The van der Waals surface area contributed by atoms with Crippen LogP contribution in [0.4, 0.5) is 10.5 Å². The zero-order valence-electron chi connectivity index (χ0n) is 13.7. The van der Waals surface area contributed by atoms with Crippen LogP contribution in [0.1, 0.15) is 11.6 Å². The van der Waals surface area contributed by atoms with Crippen LogP contribution in [-0.4, -0.2) is 61.1 Å². The van der Waals surface area contributed by atoms with Gasteiger partial charge in [-0.1, -0.05) is 12.1 Å². The maximum absolute atomic E-state index is 12.2. The predicted octanol–water partition coefficient (Wildman–Crippen LogP) is 0.419. The maximum Gasteiger partial charge on any atom is 0.322 e. The molecule has 1 aromatic heterocycles. The number of sulfonamides is 1. The summed E-state index contributed by atoms with van der Waals surface area (Å²) in [6.07, 6.45) is 3.54. The fourth-order valence-corrected chi connectivity index (χ4v) is 4.72. The number of anilines is 1. The van der Waals surface area contributed by atoms with Gasteiger partial charge in [-0.25, -0.2) is 4.79 Å². The summed E-state index contributed by atoms with van der Waals surface area (Å²) in [6.45, 7) is 2.51. The Bertz CT molecular complexity index is 1040. The fourth-order valence-electron chi connectivity index (χ4n) is 3.50. The molecule has 2 fully saturated rings. The number of carbonyl (C=O) groups is 1. The van der Waals surface area contributed by atoms with Crippen LogP contribution in [0.15, 0.2) is 46.0 Å². The lowest BCUT2D eigenvalue weighted by molar-refractivity contribution is 0.180. The van der Waals surface area contributed by atoms with Crippen molar-refractivity contribution in [3.63, 3.8) is 0 Å². The molecule has 3 aliphatic rings. The lowest BCUT2D eigenvalue weighted by Gasteiger charge is -2.40. The van der Waals surface area contributed by atoms with Gasteiger partial charge in [-0.15, -0.1) is 4.40 Å². The van der Waals surface area contributed by atoms with Crippen LogP contribution in [-0.2, 0) is 10.0 Å². The average molecular weight is 372 g/mol. The summed E-state index contributed by atoms with van der Waals surface area (Å²) in [5, 5.41) is 7.13. The Morgan fingerprint density at radius 1 is 1.19 bits per heavy atom. The molecule has 3 aliphatic heterocycles. The third-order valence-electron chi connectivity index (χ3n) is 4.90. The molecule has 9 nitrogen and oxygen atoms in total. The number of fused-ring (bicyclic) bond motifs is 1. The van der Waals surface area contributed by atoms with Crippen LogP contribution >= 0.6 is 0 Å². The molecule has 10 heteroatoms. The fraction of sp³-hybridized carbons (Fsp3) is 0.312. The summed E-state index contributed by atoms with van der Waals surface area (Å²) in [5.41, 5.74) is 1.42. The first-order valence-corrected chi connectivity index (χ1v) is 9.76. The highest BCUT2D eigenvalue weighted by Crippen LogP contribution is 2.32. The van der Waals surface area contributed by atoms with Gasteiger partial charge in [0.2, 0.25) is 0 Å². The van der Waals surface area contributed by atoms with Gasteiger partial charge < -0.3 is 10.2 Å². The Morgan fingerprint density at radius 2 is 2.00 bits per heavy atom. The Kier molecular flexibility index (Phi) is 3.14. The number of rotatable bonds is 2. The van der Waals surface area contributed by atoms with Crippen molar-refractivity contribution in [3.8, 4) is 0 Å². The summed E-state index contributed by atoms with van der Waals surface area (Å²) in [4.78, 5) is 15.6. The normalized spacial score (nSPS) is 21.4. The number of hydrogen-bond acceptors (Lipinski definition) is 5. The monoisotopic (exact) mass is 372 g/mol. The Morgan fingerprint density at radius 3 is 2.77 bits per heavy atom. The highest BCUT2D eigenvalue weighted by molar-refractivity contribution is 7.90. The number of hydrogen-bond donors (Lipinski definition) is 1. The number of benzene rings is 1. The van der Waals surface area contributed by atoms with E-state index in [0.717, 1.165) is 5.69 Å². The molecule has 26 heavy (non-hydrogen) atoms. The first-order chi connectivity index (χ1) is 12.5. The summed E-state index contributed by atoms with van der Waals surface area (Å²) in [7, 11) is -3.60. The van der Waals surface area contributed by atoms with Gasteiger partial charge in [0.1, 0.15) is 4.90 Å². The summed E-state index contributed by atoms with van der Waals surface area (Å²) < 4.78 is 30.1. The van der Waals surface area contributed by atoms with Crippen molar-refractivity contribution in [1.82, 2.24) is 20.0 Å². The van der Waals surface area contributed by atoms with E-state index >= 15 is 0 Å². The van der Waals surface area contributed by atoms with E-state index in [-0.39, 0.29) is 17.0 Å². The van der Waals surface area contributed by atoms with Crippen molar-refractivity contribution in [2.45, 2.75) is 10.9 Å². The number of nitrogens with zero attached hydrogens (tertiary/aromatic N) is 5. The number of aromatic nitrogens is 2. The smallest absolute Gasteiger partial charge is 0.322 e. The standard InChI is InChI=1S/C16H16N6O3S/c23-16-17-5-6-21(16)11-7-18-22(10-11)12-8-20(9-12)15-13-3-1-2-4-14(13)26(24,25)19-15/h1-4,7,10,12H,5-6,8-9H2,(H,17,23). The van der Waals surface area contributed by atoms with Crippen LogP contribution in [0.3, 0.4) is 0 Å². The van der Waals surface area contributed by atoms with Gasteiger partial charge >= 0.3 is 6.03 Å². The minimum atomic E-state index is -3.60. The lowest BCUT2D eigenvalue weighted by Crippen LogP contribution is -2.50. The number of likely N-dealkylation sites (tertiary alicyclic amines) is 1. The van der Waals surface area contributed by atoms with Crippen LogP contribution < -0.4 is 10.2 Å². The number of urea groups is 1. The molecule has 0 bridgehead atoms. The maximum atomic E-state index is 12.2. The third-order valence-corrected chi connectivity index (χ3v) is 6.23. The molecule has 2 aromatic rings. The zero-order valence-corrected chi connectivity index (χ0v) is 14.6. The number of amides is 2. The molecule has 2 saturated heterocycles. The number of amidine groups is 1. The van der Waals surface area contributed by atoms with Crippen LogP contribution in [0.5, 0.6) is 0 Å². The van der Waals surface area contributed by atoms with Crippen molar-refractivity contribution >= 4 is 27.6 Å². The minimum Gasteiger partial charge on any atom is -0.351 e. The van der Waals surface area contributed by atoms with Crippen molar-refractivity contribution in [3.05, 3.63) is 42.2 Å². The minimum absolute atomic E-state index is 0.109. The van der Waals surface area contributed by atoms with Gasteiger partial charge in [-0.3, -0.25) is 9.58 Å². The second kappa shape index (κ2) is 5.31. The van der Waals surface area contributed by atoms with Gasteiger partial charge in [0.15, 0.2) is 5.84 Å². The molecule has 0 radical (unpaired) electrons. The Balaban J connectivity index is 1.33. The molecule has 0 unspecified atom stereocenters. The Labute approximate surface area is 150 Å². The Hall–Kier alpha value is -2.88. The van der Waals surface area contributed by atoms with Gasteiger partial charge in [-0.2, -0.15) is 13.5 Å². The molecule has 0 atom stereocenters. The lowest BCUT2D eigenvalue weighted by atomic mass is 10.1. The third kappa shape index (κ3) is 2.22. The molecular weight excluding hydrogens is 356 g/mol.